The van der Waals surface area contributed by atoms with Crippen LogP contribution < -0.4 is 9.05 Å². The van der Waals surface area contributed by atoms with Crippen molar-refractivity contribution in [2.45, 2.75) is 13.8 Å². The summed E-state index contributed by atoms with van der Waals surface area (Å²) in [5.41, 5.74) is 0. The minimum Gasteiger partial charge on any atom is -0.473 e. The standard InChI is InChI=1S/C10H16O2P2/c1-3-13-11-9-7-5-6-8-10(9)12-14-4-2/h5-8,13-14H,3-4H2,1-2H3. The highest BCUT2D eigenvalue weighted by molar-refractivity contribution is 7.33. The lowest BCUT2D eigenvalue weighted by Crippen LogP contribution is -1.85. The largest absolute Gasteiger partial charge is 0.473 e. The summed E-state index contributed by atoms with van der Waals surface area (Å²) in [5, 5.41) is 0. The third-order valence-electron chi connectivity index (χ3n) is 1.50. The summed E-state index contributed by atoms with van der Waals surface area (Å²) in [7, 11) is 1.03. The molecule has 4 heteroatoms. The fourth-order valence-electron chi connectivity index (χ4n) is 0.919. The molecular weight excluding hydrogens is 214 g/mol. The molecule has 1 aromatic carbocycles. The van der Waals surface area contributed by atoms with Gasteiger partial charge in [0.15, 0.2) is 11.5 Å². The Morgan fingerprint density at radius 1 is 0.929 bits per heavy atom. The van der Waals surface area contributed by atoms with E-state index in [1.807, 2.05) is 24.3 Å². The molecule has 0 saturated carbocycles. The maximum atomic E-state index is 5.59. The van der Waals surface area contributed by atoms with E-state index < -0.39 is 0 Å². The average Bonchev–Trinajstić information content (AvgIpc) is 2.24. The minimum absolute atomic E-state index is 0.517. The molecule has 0 aliphatic heterocycles. The van der Waals surface area contributed by atoms with E-state index in [0.29, 0.717) is 17.6 Å². The SMILES string of the molecule is CCPOc1ccccc1OPCC. The Balaban J connectivity index is 2.60. The summed E-state index contributed by atoms with van der Waals surface area (Å²) in [6.07, 6.45) is 2.09. The topological polar surface area (TPSA) is 18.5 Å². The van der Waals surface area contributed by atoms with Crippen molar-refractivity contribution in [3.63, 3.8) is 0 Å². The molecule has 1 aromatic rings. The molecule has 0 aromatic heterocycles. The van der Waals surface area contributed by atoms with Gasteiger partial charge >= 0.3 is 0 Å². The van der Waals surface area contributed by atoms with E-state index in [4.69, 9.17) is 9.05 Å². The van der Waals surface area contributed by atoms with Crippen LogP contribution >= 0.6 is 17.6 Å². The van der Waals surface area contributed by atoms with Gasteiger partial charge in [-0.1, -0.05) is 26.0 Å². The summed E-state index contributed by atoms with van der Waals surface area (Å²) in [5.74, 6) is 1.74. The van der Waals surface area contributed by atoms with Gasteiger partial charge in [-0.05, 0) is 24.5 Å². The van der Waals surface area contributed by atoms with Crippen molar-refractivity contribution >= 4 is 17.6 Å². The number of para-hydroxylation sites is 2. The van der Waals surface area contributed by atoms with Gasteiger partial charge in [-0.3, -0.25) is 0 Å². The lowest BCUT2D eigenvalue weighted by molar-refractivity contribution is 0.556. The Hall–Kier alpha value is -0.320. The van der Waals surface area contributed by atoms with Crippen molar-refractivity contribution in [3.05, 3.63) is 24.3 Å². The third kappa shape index (κ3) is 3.82. The zero-order chi connectivity index (χ0) is 10.2. The van der Waals surface area contributed by atoms with Crippen LogP contribution in [-0.4, -0.2) is 12.3 Å². The first-order valence-corrected chi connectivity index (χ1v) is 7.00. The first-order valence-electron chi connectivity index (χ1n) is 4.77. The molecule has 14 heavy (non-hydrogen) atoms. The van der Waals surface area contributed by atoms with Gasteiger partial charge in [0.25, 0.3) is 0 Å². The Bertz CT molecular complexity index is 239. The molecule has 0 N–H and O–H groups in total. The van der Waals surface area contributed by atoms with Crippen LogP contribution in [0.3, 0.4) is 0 Å². The van der Waals surface area contributed by atoms with E-state index in [-0.39, 0.29) is 0 Å². The van der Waals surface area contributed by atoms with Crippen molar-refractivity contribution in [1.29, 1.82) is 0 Å². The van der Waals surface area contributed by atoms with Gasteiger partial charge in [-0.15, -0.1) is 0 Å². The molecule has 0 aliphatic carbocycles. The molecule has 2 nitrogen and oxygen atoms in total. The normalized spacial score (nSPS) is 11.6. The molecule has 0 aliphatic rings. The van der Waals surface area contributed by atoms with Crippen molar-refractivity contribution in [2.75, 3.05) is 12.3 Å². The molecular formula is C10H16O2P2. The monoisotopic (exact) mass is 230 g/mol. The molecule has 78 valence electrons. The second-order valence-corrected chi connectivity index (χ2v) is 5.05. The summed E-state index contributed by atoms with van der Waals surface area (Å²) in [6.45, 7) is 4.21. The van der Waals surface area contributed by atoms with Gasteiger partial charge in [-0.25, -0.2) is 0 Å². The van der Waals surface area contributed by atoms with Crippen LogP contribution in [-0.2, 0) is 0 Å². The first-order chi connectivity index (χ1) is 6.88. The maximum Gasteiger partial charge on any atom is 0.165 e. The van der Waals surface area contributed by atoms with Gasteiger partial charge in [-0.2, -0.15) is 0 Å². The van der Waals surface area contributed by atoms with Crippen LogP contribution in [0.4, 0.5) is 0 Å². The second-order valence-electron chi connectivity index (χ2n) is 2.65. The lowest BCUT2D eigenvalue weighted by Gasteiger charge is -2.10. The molecule has 0 radical (unpaired) electrons. The number of benzene rings is 1. The van der Waals surface area contributed by atoms with Crippen molar-refractivity contribution < 1.29 is 9.05 Å². The molecule has 0 heterocycles. The number of hydrogen-bond acceptors (Lipinski definition) is 2. The molecule has 0 saturated heterocycles. The fraction of sp³-hybridized carbons (Fsp3) is 0.400. The van der Waals surface area contributed by atoms with Crippen LogP contribution in [0.5, 0.6) is 11.5 Å². The molecule has 0 spiro atoms. The number of rotatable bonds is 6. The summed E-state index contributed by atoms with van der Waals surface area (Å²) in [4.78, 5) is 0. The van der Waals surface area contributed by atoms with Crippen LogP contribution in [0.2, 0.25) is 0 Å². The van der Waals surface area contributed by atoms with E-state index >= 15 is 0 Å². The van der Waals surface area contributed by atoms with Crippen LogP contribution in [0.1, 0.15) is 13.8 Å². The Labute approximate surface area is 89.1 Å². The van der Waals surface area contributed by atoms with Crippen molar-refractivity contribution in [3.8, 4) is 11.5 Å². The van der Waals surface area contributed by atoms with Crippen LogP contribution in [0.25, 0.3) is 0 Å². The average molecular weight is 230 g/mol. The summed E-state index contributed by atoms with van der Waals surface area (Å²) < 4.78 is 11.2. The molecule has 1 rings (SSSR count). The van der Waals surface area contributed by atoms with Crippen molar-refractivity contribution in [2.24, 2.45) is 0 Å². The van der Waals surface area contributed by atoms with E-state index in [1.54, 1.807) is 0 Å². The van der Waals surface area contributed by atoms with E-state index in [2.05, 4.69) is 13.8 Å². The fourth-order valence-corrected chi connectivity index (χ4v) is 1.86. The quantitative estimate of drug-likeness (QED) is 0.694. The highest BCUT2D eigenvalue weighted by atomic mass is 31.1. The summed E-state index contributed by atoms with van der Waals surface area (Å²) >= 11 is 0. The second kappa shape index (κ2) is 7.04. The summed E-state index contributed by atoms with van der Waals surface area (Å²) in [6, 6.07) is 7.85. The Morgan fingerprint density at radius 3 is 1.71 bits per heavy atom. The molecule has 2 atom stereocenters. The van der Waals surface area contributed by atoms with Gasteiger partial charge in [0, 0.05) is 0 Å². The Kier molecular flexibility index (Phi) is 5.91. The third-order valence-corrected chi connectivity index (χ3v) is 2.81. The minimum atomic E-state index is 0.517. The van der Waals surface area contributed by atoms with E-state index in [1.165, 1.54) is 0 Å². The highest BCUT2D eigenvalue weighted by Gasteiger charge is 2.02. The molecule has 0 bridgehead atoms. The highest BCUT2D eigenvalue weighted by Crippen LogP contribution is 2.34. The van der Waals surface area contributed by atoms with Crippen LogP contribution in [0, 0.1) is 0 Å². The van der Waals surface area contributed by atoms with Crippen LogP contribution in [0.15, 0.2) is 24.3 Å². The molecule has 0 fully saturated rings. The zero-order valence-electron chi connectivity index (χ0n) is 8.54. The zero-order valence-corrected chi connectivity index (χ0v) is 10.5. The number of hydrogen-bond donors (Lipinski definition) is 0. The lowest BCUT2D eigenvalue weighted by atomic mass is 10.3. The predicted molar refractivity (Wildman–Crippen MR) is 65.4 cm³/mol. The predicted octanol–water partition coefficient (Wildman–Crippen LogP) is 3.67. The smallest absolute Gasteiger partial charge is 0.165 e. The van der Waals surface area contributed by atoms with Gasteiger partial charge < -0.3 is 9.05 Å². The van der Waals surface area contributed by atoms with E-state index in [0.717, 1.165) is 23.8 Å². The first kappa shape index (κ1) is 11.8. The molecule has 2 unspecified atom stereocenters. The maximum absolute atomic E-state index is 5.59. The van der Waals surface area contributed by atoms with E-state index in [9.17, 15) is 0 Å². The Morgan fingerprint density at radius 2 is 1.36 bits per heavy atom. The molecule has 0 amide bonds. The van der Waals surface area contributed by atoms with Gasteiger partial charge in [0.1, 0.15) is 0 Å². The van der Waals surface area contributed by atoms with Gasteiger partial charge in [0.05, 0.1) is 17.6 Å². The van der Waals surface area contributed by atoms with Gasteiger partial charge in [0.2, 0.25) is 0 Å². The van der Waals surface area contributed by atoms with Crippen molar-refractivity contribution in [1.82, 2.24) is 0 Å².